The van der Waals surface area contributed by atoms with Gasteiger partial charge in [0.25, 0.3) is 0 Å². The molecular formula is C8H8ClN5O. The van der Waals surface area contributed by atoms with E-state index in [0.29, 0.717) is 23.3 Å². The van der Waals surface area contributed by atoms with E-state index >= 15 is 0 Å². The molecule has 7 heteroatoms. The topological polar surface area (TPSA) is 67.9 Å². The molecule has 0 aliphatic carbocycles. The molecule has 0 N–H and O–H groups in total. The first-order chi connectivity index (χ1) is 7.25. The highest BCUT2D eigenvalue weighted by atomic mass is 35.5. The first kappa shape index (κ1) is 9.85. The van der Waals surface area contributed by atoms with Crippen LogP contribution in [0, 0.1) is 0 Å². The molecule has 0 spiro atoms. The fourth-order valence-corrected chi connectivity index (χ4v) is 1.15. The van der Waals surface area contributed by atoms with Gasteiger partial charge in [0, 0.05) is 7.05 Å². The third-order valence-corrected chi connectivity index (χ3v) is 1.93. The number of nitrogens with zero attached hydrogens (tertiary/aromatic N) is 5. The summed E-state index contributed by atoms with van der Waals surface area (Å²) in [7, 11) is 1.83. The lowest BCUT2D eigenvalue weighted by molar-refractivity contribution is 0.409. The molecule has 2 rings (SSSR count). The molecule has 0 saturated carbocycles. The summed E-state index contributed by atoms with van der Waals surface area (Å²) >= 11 is 5.68. The smallest absolute Gasteiger partial charge is 0.225 e. The molecule has 0 atom stereocenters. The Morgan fingerprint density at radius 2 is 2.07 bits per heavy atom. The van der Waals surface area contributed by atoms with Gasteiger partial charge in [0.15, 0.2) is 5.82 Å². The van der Waals surface area contributed by atoms with Crippen LogP contribution in [-0.2, 0) is 6.54 Å². The van der Waals surface area contributed by atoms with E-state index in [2.05, 4.69) is 24.6 Å². The van der Waals surface area contributed by atoms with Crippen LogP contribution in [0.3, 0.4) is 0 Å². The molecule has 0 amide bonds. The van der Waals surface area contributed by atoms with Crippen molar-refractivity contribution in [2.45, 2.75) is 6.54 Å². The van der Waals surface area contributed by atoms with E-state index in [4.69, 9.17) is 11.6 Å². The summed E-state index contributed by atoms with van der Waals surface area (Å²) in [5.41, 5.74) is 0. The van der Waals surface area contributed by atoms with Gasteiger partial charge in [-0.15, -0.1) is 0 Å². The van der Waals surface area contributed by atoms with Gasteiger partial charge in [-0.2, -0.15) is 4.98 Å². The molecule has 0 aromatic carbocycles. The van der Waals surface area contributed by atoms with Crippen molar-refractivity contribution in [3.8, 4) is 0 Å². The first-order valence-corrected chi connectivity index (χ1v) is 4.57. The fraction of sp³-hybridized carbons (Fsp3) is 0.250. The van der Waals surface area contributed by atoms with Crippen LogP contribution in [0.15, 0.2) is 23.3 Å². The molecule has 0 aliphatic rings. The molecule has 0 bridgehead atoms. The highest BCUT2D eigenvalue weighted by Gasteiger charge is 2.07. The minimum atomic E-state index is 0.484. The van der Waals surface area contributed by atoms with Crippen LogP contribution in [0.4, 0.5) is 5.95 Å². The van der Waals surface area contributed by atoms with Crippen LogP contribution >= 0.6 is 11.6 Å². The lowest BCUT2D eigenvalue weighted by atomic mass is 10.5. The van der Waals surface area contributed by atoms with Crippen LogP contribution < -0.4 is 4.90 Å². The molecule has 78 valence electrons. The lowest BCUT2D eigenvalue weighted by Crippen LogP contribution is -2.19. The quantitative estimate of drug-likeness (QED) is 0.781. The number of hydrogen-bond acceptors (Lipinski definition) is 6. The molecule has 0 saturated heterocycles. The maximum absolute atomic E-state index is 5.68. The molecule has 2 aromatic heterocycles. The van der Waals surface area contributed by atoms with E-state index in [9.17, 15) is 0 Å². The summed E-state index contributed by atoms with van der Waals surface area (Å²) in [6, 6.07) is 0. The summed E-state index contributed by atoms with van der Waals surface area (Å²) in [6.07, 6.45) is 4.36. The summed E-state index contributed by atoms with van der Waals surface area (Å²) in [5.74, 6) is 1.14. The minimum Gasteiger partial charge on any atom is -0.343 e. The zero-order valence-electron chi connectivity index (χ0n) is 7.96. The van der Waals surface area contributed by atoms with Crippen LogP contribution in [0.1, 0.15) is 5.82 Å². The predicted molar refractivity (Wildman–Crippen MR) is 53.4 cm³/mol. The Morgan fingerprint density at radius 3 is 2.67 bits per heavy atom. The van der Waals surface area contributed by atoms with Crippen LogP contribution in [0.25, 0.3) is 0 Å². The van der Waals surface area contributed by atoms with Crippen LogP contribution in [-0.4, -0.2) is 27.2 Å². The Morgan fingerprint density at radius 1 is 1.33 bits per heavy atom. The number of rotatable bonds is 3. The minimum absolute atomic E-state index is 0.484. The standard InChI is InChI=1S/C8H8ClN5O/c1-14(4-7-12-5-15-13-7)8-10-2-6(9)3-11-8/h2-3,5H,4H2,1H3. The summed E-state index contributed by atoms with van der Waals surface area (Å²) in [4.78, 5) is 13.8. The first-order valence-electron chi connectivity index (χ1n) is 4.19. The van der Waals surface area contributed by atoms with E-state index in [-0.39, 0.29) is 0 Å². The maximum Gasteiger partial charge on any atom is 0.225 e. The number of aromatic nitrogens is 4. The summed E-state index contributed by atoms with van der Waals surface area (Å²) < 4.78 is 4.62. The average Bonchev–Trinajstić information content (AvgIpc) is 2.71. The van der Waals surface area contributed by atoms with Crippen molar-refractivity contribution >= 4 is 17.5 Å². The monoisotopic (exact) mass is 225 g/mol. The Balaban J connectivity index is 2.08. The maximum atomic E-state index is 5.68. The zero-order chi connectivity index (χ0) is 10.7. The second-order valence-corrected chi connectivity index (χ2v) is 3.34. The molecule has 0 radical (unpaired) electrons. The average molecular weight is 226 g/mol. The third kappa shape index (κ3) is 2.41. The predicted octanol–water partition coefficient (Wildman–Crippen LogP) is 1.15. The van der Waals surface area contributed by atoms with Crippen molar-refractivity contribution in [2.75, 3.05) is 11.9 Å². The Labute approximate surface area is 90.9 Å². The molecule has 2 aromatic rings. The highest BCUT2D eigenvalue weighted by molar-refractivity contribution is 6.30. The molecular weight excluding hydrogens is 218 g/mol. The highest BCUT2D eigenvalue weighted by Crippen LogP contribution is 2.10. The zero-order valence-corrected chi connectivity index (χ0v) is 8.72. The van der Waals surface area contributed by atoms with E-state index in [0.717, 1.165) is 0 Å². The summed E-state index contributed by atoms with van der Waals surface area (Å²) in [6.45, 7) is 0.484. The normalized spacial score (nSPS) is 10.3. The van der Waals surface area contributed by atoms with Gasteiger partial charge in [0.2, 0.25) is 12.3 Å². The van der Waals surface area contributed by atoms with Gasteiger partial charge in [-0.1, -0.05) is 16.8 Å². The van der Waals surface area contributed by atoms with E-state index in [1.807, 2.05) is 7.05 Å². The van der Waals surface area contributed by atoms with Crippen molar-refractivity contribution < 1.29 is 4.52 Å². The molecule has 0 fully saturated rings. The van der Waals surface area contributed by atoms with Crippen LogP contribution in [0.2, 0.25) is 5.02 Å². The van der Waals surface area contributed by atoms with E-state index in [1.54, 1.807) is 4.90 Å². The number of anilines is 1. The Bertz CT molecular complexity index is 415. The van der Waals surface area contributed by atoms with Gasteiger partial charge >= 0.3 is 0 Å². The van der Waals surface area contributed by atoms with Gasteiger partial charge in [0.05, 0.1) is 24.0 Å². The van der Waals surface area contributed by atoms with Gasteiger partial charge in [0.1, 0.15) is 0 Å². The van der Waals surface area contributed by atoms with Crippen molar-refractivity contribution in [3.05, 3.63) is 29.6 Å². The Kier molecular flexibility index (Phi) is 2.77. The van der Waals surface area contributed by atoms with Crippen LogP contribution in [0.5, 0.6) is 0 Å². The van der Waals surface area contributed by atoms with Gasteiger partial charge in [-0.05, 0) is 0 Å². The largest absolute Gasteiger partial charge is 0.343 e. The second-order valence-electron chi connectivity index (χ2n) is 2.90. The molecule has 15 heavy (non-hydrogen) atoms. The lowest BCUT2D eigenvalue weighted by Gasteiger charge is -2.13. The fourth-order valence-electron chi connectivity index (χ4n) is 1.05. The molecule has 6 nitrogen and oxygen atoms in total. The van der Waals surface area contributed by atoms with E-state index < -0.39 is 0 Å². The molecule has 2 heterocycles. The van der Waals surface area contributed by atoms with Crippen molar-refractivity contribution in [3.63, 3.8) is 0 Å². The second kappa shape index (κ2) is 4.22. The van der Waals surface area contributed by atoms with Gasteiger partial charge in [-0.25, -0.2) is 9.97 Å². The molecule has 0 unspecified atom stereocenters. The SMILES string of the molecule is CN(Cc1ncon1)c1ncc(Cl)cn1. The number of halogens is 1. The molecule has 0 aliphatic heterocycles. The van der Waals surface area contributed by atoms with E-state index in [1.165, 1.54) is 18.8 Å². The van der Waals surface area contributed by atoms with Gasteiger partial charge in [-0.3, -0.25) is 0 Å². The van der Waals surface area contributed by atoms with Crippen molar-refractivity contribution in [1.82, 2.24) is 20.1 Å². The Hall–Kier alpha value is -1.69. The number of hydrogen-bond donors (Lipinski definition) is 0. The summed E-state index contributed by atoms with van der Waals surface area (Å²) in [5, 5.41) is 4.20. The van der Waals surface area contributed by atoms with Gasteiger partial charge < -0.3 is 9.42 Å². The third-order valence-electron chi connectivity index (χ3n) is 1.73. The van der Waals surface area contributed by atoms with Crippen molar-refractivity contribution in [2.24, 2.45) is 0 Å². The van der Waals surface area contributed by atoms with Crippen molar-refractivity contribution in [1.29, 1.82) is 0 Å².